The molecule has 0 aliphatic rings. The molecule has 128 valence electrons. The largest absolute Gasteiger partial charge is 0.494 e. The highest BCUT2D eigenvalue weighted by Gasteiger charge is 2.17. The van der Waals surface area contributed by atoms with Crippen LogP contribution >= 0.6 is 0 Å². The van der Waals surface area contributed by atoms with E-state index in [-0.39, 0.29) is 18.4 Å². The second-order valence-corrected chi connectivity index (χ2v) is 4.85. The summed E-state index contributed by atoms with van der Waals surface area (Å²) in [5.41, 5.74) is 0.993. The van der Waals surface area contributed by atoms with Gasteiger partial charge in [0.15, 0.2) is 0 Å². The predicted octanol–water partition coefficient (Wildman–Crippen LogP) is 0.466. The molecule has 0 saturated heterocycles. The van der Waals surface area contributed by atoms with Crippen molar-refractivity contribution in [1.82, 2.24) is 20.2 Å². The molecule has 0 fully saturated rings. The van der Waals surface area contributed by atoms with E-state index in [1.165, 1.54) is 25.2 Å². The van der Waals surface area contributed by atoms with Crippen LogP contribution in [0.15, 0.2) is 24.5 Å². The first kappa shape index (κ1) is 17.3. The van der Waals surface area contributed by atoms with Gasteiger partial charge in [0, 0.05) is 18.9 Å². The third-order valence-electron chi connectivity index (χ3n) is 3.16. The third-order valence-corrected chi connectivity index (χ3v) is 3.16. The Kier molecular flexibility index (Phi) is 5.79. The number of carbonyl (C=O) groups excluding carboxylic acids is 2. The van der Waals surface area contributed by atoms with E-state index in [9.17, 15) is 9.59 Å². The number of ether oxygens (including phenoxy) is 2. The highest BCUT2D eigenvalue weighted by Crippen LogP contribution is 2.28. The van der Waals surface area contributed by atoms with Gasteiger partial charge in [0.05, 0.1) is 12.8 Å². The SMILES string of the molecule is COCC(=O)Nc1ccc(NC(=O)[C@H](C)n2cnnn2)cc1OC. The fourth-order valence-electron chi connectivity index (χ4n) is 1.90. The number of hydrogen-bond donors (Lipinski definition) is 2. The molecule has 0 aliphatic carbocycles. The molecular weight excluding hydrogens is 316 g/mol. The quantitative estimate of drug-likeness (QED) is 0.755. The Morgan fingerprint density at radius 2 is 2.08 bits per heavy atom. The van der Waals surface area contributed by atoms with Gasteiger partial charge < -0.3 is 20.1 Å². The van der Waals surface area contributed by atoms with Crippen molar-refractivity contribution >= 4 is 23.2 Å². The second-order valence-electron chi connectivity index (χ2n) is 4.85. The highest BCUT2D eigenvalue weighted by molar-refractivity contribution is 5.96. The number of rotatable bonds is 7. The zero-order chi connectivity index (χ0) is 17.5. The van der Waals surface area contributed by atoms with Gasteiger partial charge in [0.25, 0.3) is 0 Å². The summed E-state index contributed by atoms with van der Waals surface area (Å²) in [6.45, 7) is 1.60. The second kappa shape index (κ2) is 8.02. The molecule has 1 aromatic heterocycles. The molecule has 0 spiro atoms. The van der Waals surface area contributed by atoms with Crippen LogP contribution in [0.4, 0.5) is 11.4 Å². The normalized spacial score (nSPS) is 11.6. The molecule has 2 amide bonds. The van der Waals surface area contributed by atoms with Gasteiger partial charge in [-0.3, -0.25) is 9.59 Å². The summed E-state index contributed by atoms with van der Waals surface area (Å²) in [6.07, 6.45) is 1.36. The van der Waals surface area contributed by atoms with E-state index < -0.39 is 6.04 Å². The summed E-state index contributed by atoms with van der Waals surface area (Å²) in [4.78, 5) is 23.8. The molecule has 24 heavy (non-hydrogen) atoms. The van der Waals surface area contributed by atoms with E-state index in [0.717, 1.165) is 0 Å². The zero-order valence-corrected chi connectivity index (χ0v) is 13.5. The Labute approximate surface area is 138 Å². The van der Waals surface area contributed by atoms with Crippen molar-refractivity contribution in [3.05, 3.63) is 24.5 Å². The molecule has 2 rings (SSSR count). The van der Waals surface area contributed by atoms with Crippen LogP contribution in [-0.2, 0) is 14.3 Å². The van der Waals surface area contributed by atoms with Crippen molar-refractivity contribution in [3.8, 4) is 5.75 Å². The molecule has 10 heteroatoms. The van der Waals surface area contributed by atoms with Gasteiger partial charge >= 0.3 is 0 Å². The molecule has 1 atom stereocenters. The molecule has 0 saturated carbocycles. The monoisotopic (exact) mass is 334 g/mol. The van der Waals surface area contributed by atoms with E-state index >= 15 is 0 Å². The summed E-state index contributed by atoms with van der Waals surface area (Å²) in [5.74, 6) is -0.187. The summed E-state index contributed by atoms with van der Waals surface area (Å²) >= 11 is 0. The summed E-state index contributed by atoms with van der Waals surface area (Å²) in [7, 11) is 2.90. The van der Waals surface area contributed by atoms with Crippen molar-refractivity contribution < 1.29 is 19.1 Å². The van der Waals surface area contributed by atoms with Gasteiger partial charge in [0.2, 0.25) is 11.8 Å². The maximum Gasteiger partial charge on any atom is 0.250 e. The Morgan fingerprint density at radius 3 is 2.71 bits per heavy atom. The molecule has 0 aliphatic heterocycles. The van der Waals surface area contributed by atoms with E-state index in [4.69, 9.17) is 9.47 Å². The van der Waals surface area contributed by atoms with Crippen LogP contribution in [0.2, 0.25) is 0 Å². The Morgan fingerprint density at radius 1 is 1.29 bits per heavy atom. The van der Waals surface area contributed by atoms with Crippen molar-refractivity contribution in [2.75, 3.05) is 31.5 Å². The van der Waals surface area contributed by atoms with E-state index in [1.807, 2.05) is 0 Å². The van der Waals surface area contributed by atoms with Crippen LogP contribution in [-0.4, -0.2) is 52.8 Å². The molecule has 0 unspecified atom stereocenters. The van der Waals surface area contributed by atoms with E-state index in [0.29, 0.717) is 17.1 Å². The first-order valence-corrected chi connectivity index (χ1v) is 7.05. The number of tetrazole rings is 1. The molecular formula is C14H18N6O4. The molecule has 2 N–H and O–H groups in total. The fraction of sp³-hybridized carbons (Fsp3) is 0.357. The van der Waals surface area contributed by atoms with Gasteiger partial charge in [0.1, 0.15) is 24.7 Å². The van der Waals surface area contributed by atoms with Gasteiger partial charge in [-0.05, 0) is 29.5 Å². The minimum absolute atomic E-state index is 0.0644. The fourth-order valence-corrected chi connectivity index (χ4v) is 1.90. The summed E-state index contributed by atoms with van der Waals surface area (Å²) < 4.78 is 11.3. The van der Waals surface area contributed by atoms with Crippen LogP contribution in [0, 0.1) is 0 Å². The van der Waals surface area contributed by atoms with Crippen molar-refractivity contribution in [3.63, 3.8) is 0 Å². The standard InChI is InChI=1S/C14H18N6O4/c1-9(20-8-15-18-19-20)14(22)16-10-4-5-11(12(6-10)24-3)17-13(21)7-23-2/h4-6,8-9H,7H2,1-3H3,(H,16,22)(H,17,21)/t9-/m0/s1. The lowest BCUT2D eigenvalue weighted by molar-refractivity contribution is -0.120. The number of nitrogens with one attached hydrogen (secondary N) is 2. The number of benzene rings is 1. The third kappa shape index (κ3) is 4.26. The lowest BCUT2D eigenvalue weighted by atomic mass is 10.2. The van der Waals surface area contributed by atoms with Crippen LogP contribution in [0.5, 0.6) is 5.75 Å². The molecule has 2 aromatic rings. The average Bonchev–Trinajstić information content (AvgIpc) is 3.10. The molecule has 10 nitrogen and oxygen atoms in total. The maximum atomic E-state index is 12.2. The number of anilines is 2. The number of carbonyl (C=O) groups is 2. The molecule has 1 heterocycles. The number of nitrogens with zero attached hydrogens (tertiary/aromatic N) is 4. The number of hydrogen-bond acceptors (Lipinski definition) is 7. The molecule has 0 bridgehead atoms. The van der Waals surface area contributed by atoms with Crippen LogP contribution in [0.25, 0.3) is 0 Å². The Bertz CT molecular complexity index is 703. The summed E-state index contributed by atoms with van der Waals surface area (Å²) in [6, 6.07) is 4.30. The lowest BCUT2D eigenvalue weighted by Crippen LogP contribution is -2.24. The number of methoxy groups -OCH3 is 2. The Balaban J connectivity index is 2.08. The van der Waals surface area contributed by atoms with Crippen molar-refractivity contribution in [2.45, 2.75) is 13.0 Å². The topological polar surface area (TPSA) is 120 Å². The zero-order valence-electron chi connectivity index (χ0n) is 13.5. The van der Waals surface area contributed by atoms with Gasteiger partial charge in [-0.25, -0.2) is 4.68 Å². The van der Waals surface area contributed by atoms with Gasteiger partial charge in [-0.2, -0.15) is 0 Å². The molecule has 1 aromatic carbocycles. The van der Waals surface area contributed by atoms with Gasteiger partial charge in [-0.1, -0.05) is 0 Å². The van der Waals surface area contributed by atoms with Crippen molar-refractivity contribution in [1.29, 1.82) is 0 Å². The minimum Gasteiger partial charge on any atom is -0.494 e. The van der Waals surface area contributed by atoms with E-state index in [1.54, 1.807) is 25.1 Å². The number of amides is 2. The van der Waals surface area contributed by atoms with Crippen molar-refractivity contribution in [2.24, 2.45) is 0 Å². The van der Waals surface area contributed by atoms with Gasteiger partial charge in [-0.15, -0.1) is 5.10 Å². The first-order chi connectivity index (χ1) is 11.5. The maximum absolute atomic E-state index is 12.2. The summed E-state index contributed by atoms with van der Waals surface area (Å²) in [5, 5.41) is 16.1. The van der Waals surface area contributed by atoms with Crippen LogP contribution in [0.3, 0.4) is 0 Å². The van der Waals surface area contributed by atoms with Crippen LogP contribution < -0.4 is 15.4 Å². The van der Waals surface area contributed by atoms with E-state index in [2.05, 4.69) is 26.2 Å². The average molecular weight is 334 g/mol. The molecule has 0 radical (unpaired) electrons. The Hall–Kier alpha value is -3.01. The predicted molar refractivity (Wildman–Crippen MR) is 84.7 cm³/mol. The number of aromatic nitrogens is 4. The van der Waals surface area contributed by atoms with Crippen LogP contribution in [0.1, 0.15) is 13.0 Å². The lowest BCUT2D eigenvalue weighted by Gasteiger charge is -2.14. The highest BCUT2D eigenvalue weighted by atomic mass is 16.5. The smallest absolute Gasteiger partial charge is 0.250 e. The minimum atomic E-state index is -0.577. The first-order valence-electron chi connectivity index (χ1n) is 7.05.